The van der Waals surface area contributed by atoms with Gasteiger partial charge in [-0.3, -0.25) is 14.4 Å². The van der Waals surface area contributed by atoms with E-state index < -0.39 is 23.7 Å². The molecule has 1 atom stereocenters. The number of carbonyl (C=O) groups is 3. The largest absolute Gasteiger partial charge is 0.507 e. The van der Waals surface area contributed by atoms with Gasteiger partial charge in [-0.25, -0.2) is 0 Å². The van der Waals surface area contributed by atoms with Crippen molar-refractivity contribution in [1.29, 1.82) is 0 Å². The molecule has 0 radical (unpaired) electrons. The second-order valence-corrected chi connectivity index (χ2v) is 8.25. The third-order valence-corrected chi connectivity index (χ3v) is 5.93. The number of hydrogen-bond donors (Lipinski definition) is 2. The van der Waals surface area contributed by atoms with Gasteiger partial charge in [0.15, 0.2) is 0 Å². The number of carbonyl (C=O) groups excluding carboxylic acids is 2. The molecule has 0 saturated carbocycles. The average Bonchev–Trinajstić information content (AvgIpc) is 3.08. The lowest BCUT2D eigenvalue weighted by molar-refractivity contribution is -0.140. The molecule has 0 aliphatic carbocycles. The van der Waals surface area contributed by atoms with Crippen molar-refractivity contribution >= 4 is 35.0 Å². The van der Waals surface area contributed by atoms with Gasteiger partial charge in [-0.15, -0.1) is 0 Å². The first-order valence-corrected chi connectivity index (χ1v) is 11.1. The molecule has 1 saturated heterocycles. The number of aliphatic hydroxyl groups is 1. The fourth-order valence-corrected chi connectivity index (χ4v) is 4.10. The fourth-order valence-electron chi connectivity index (χ4n) is 3.98. The molecule has 1 aliphatic rings. The Bertz CT molecular complexity index is 1110. The van der Waals surface area contributed by atoms with Crippen molar-refractivity contribution in [1.82, 2.24) is 4.90 Å². The zero-order valence-electron chi connectivity index (χ0n) is 18.9. The maximum atomic E-state index is 13.1. The summed E-state index contributed by atoms with van der Waals surface area (Å²) in [5.74, 6) is -1.82. The molecule has 2 aromatic carbocycles. The Morgan fingerprint density at radius 3 is 2.32 bits per heavy atom. The highest BCUT2D eigenvalue weighted by Crippen LogP contribution is 2.43. The van der Waals surface area contributed by atoms with Gasteiger partial charge in [-0.05, 0) is 49.2 Å². The summed E-state index contributed by atoms with van der Waals surface area (Å²) >= 11 is 5.95. The maximum Gasteiger partial charge on any atom is 0.303 e. The van der Waals surface area contributed by atoms with Crippen LogP contribution in [0.5, 0.6) is 11.5 Å². The van der Waals surface area contributed by atoms with Crippen molar-refractivity contribution in [2.45, 2.75) is 31.7 Å². The van der Waals surface area contributed by atoms with Crippen LogP contribution in [0.1, 0.15) is 42.9 Å². The molecular formula is C25H26ClNO7. The number of likely N-dealkylation sites (tertiary alicyclic amines) is 1. The number of aliphatic hydroxyl groups excluding tert-OH is 1. The van der Waals surface area contributed by atoms with E-state index in [1.165, 1.54) is 19.1 Å². The number of rotatable bonds is 10. The number of carboxylic acid groups (broad SMARTS) is 1. The van der Waals surface area contributed by atoms with E-state index in [2.05, 4.69) is 0 Å². The van der Waals surface area contributed by atoms with E-state index in [-0.39, 0.29) is 24.3 Å². The van der Waals surface area contributed by atoms with E-state index >= 15 is 0 Å². The predicted molar refractivity (Wildman–Crippen MR) is 126 cm³/mol. The Morgan fingerprint density at radius 2 is 1.71 bits per heavy atom. The Kier molecular flexibility index (Phi) is 8.17. The van der Waals surface area contributed by atoms with Gasteiger partial charge in [-0.2, -0.15) is 0 Å². The number of halogens is 1. The summed E-state index contributed by atoms with van der Waals surface area (Å²) in [5.41, 5.74) is 0.811. The molecular weight excluding hydrogens is 462 g/mol. The molecule has 1 heterocycles. The number of Topliss-reactive ketones (excluding diaryl/α,β-unsaturated/α-hetero) is 1. The van der Waals surface area contributed by atoms with Crippen LogP contribution in [0.15, 0.2) is 48.0 Å². The smallest absolute Gasteiger partial charge is 0.303 e. The number of benzene rings is 2. The highest BCUT2D eigenvalue weighted by molar-refractivity contribution is 6.46. The van der Waals surface area contributed by atoms with Crippen molar-refractivity contribution in [3.63, 3.8) is 0 Å². The predicted octanol–water partition coefficient (Wildman–Crippen LogP) is 4.42. The molecule has 1 aliphatic heterocycles. The SMILES string of the molecule is COc1ccc([C@@H]2/C(=C(\O)c3ccc(Cl)cc3)C(=O)C(=O)N2CCCCCC(=O)O)c(OC)c1. The summed E-state index contributed by atoms with van der Waals surface area (Å²) in [7, 11) is 2.98. The quantitative estimate of drug-likeness (QED) is 0.220. The van der Waals surface area contributed by atoms with Gasteiger partial charge in [0.2, 0.25) is 0 Å². The molecule has 180 valence electrons. The number of methoxy groups -OCH3 is 2. The molecule has 0 unspecified atom stereocenters. The molecule has 3 rings (SSSR count). The molecule has 2 aromatic rings. The van der Waals surface area contributed by atoms with Crippen molar-refractivity contribution in [3.8, 4) is 11.5 Å². The Balaban J connectivity index is 2.06. The third-order valence-electron chi connectivity index (χ3n) is 5.68. The van der Waals surface area contributed by atoms with Crippen molar-refractivity contribution in [2.75, 3.05) is 20.8 Å². The maximum absolute atomic E-state index is 13.1. The first-order chi connectivity index (χ1) is 16.3. The minimum Gasteiger partial charge on any atom is -0.507 e. The monoisotopic (exact) mass is 487 g/mol. The fraction of sp³-hybridized carbons (Fsp3) is 0.320. The van der Waals surface area contributed by atoms with E-state index in [0.717, 1.165) is 0 Å². The second kappa shape index (κ2) is 11.1. The molecule has 8 nitrogen and oxygen atoms in total. The first-order valence-electron chi connectivity index (χ1n) is 10.8. The zero-order chi connectivity index (χ0) is 24.8. The summed E-state index contributed by atoms with van der Waals surface area (Å²) < 4.78 is 10.8. The van der Waals surface area contributed by atoms with Gasteiger partial charge < -0.3 is 24.6 Å². The number of unbranched alkanes of at least 4 members (excludes halogenated alkanes) is 2. The molecule has 9 heteroatoms. The Labute approximate surface area is 202 Å². The van der Waals surface area contributed by atoms with Crippen molar-refractivity contribution in [2.24, 2.45) is 0 Å². The van der Waals surface area contributed by atoms with Crippen molar-refractivity contribution < 1.29 is 34.1 Å². The van der Waals surface area contributed by atoms with Crippen LogP contribution in [-0.2, 0) is 14.4 Å². The zero-order valence-corrected chi connectivity index (χ0v) is 19.7. The lowest BCUT2D eigenvalue weighted by atomic mass is 9.94. The molecule has 2 N–H and O–H groups in total. The summed E-state index contributed by atoms with van der Waals surface area (Å²) in [5, 5.41) is 20.4. The lowest BCUT2D eigenvalue weighted by Crippen LogP contribution is -2.31. The molecule has 0 bridgehead atoms. The highest BCUT2D eigenvalue weighted by atomic mass is 35.5. The average molecular weight is 488 g/mol. The molecule has 1 amide bonds. The van der Waals surface area contributed by atoms with Gasteiger partial charge in [0, 0.05) is 35.2 Å². The first kappa shape index (κ1) is 25.1. The van der Waals surface area contributed by atoms with E-state index in [1.54, 1.807) is 42.5 Å². The van der Waals surface area contributed by atoms with Crippen LogP contribution in [0, 0.1) is 0 Å². The van der Waals surface area contributed by atoms with Gasteiger partial charge >= 0.3 is 5.97 Å². The lowest BCUT2D eigenvalue weighted by Gasteiger charge is -2.27. The number of ketones is 1. The van der Waals surface area contributed by atoms with Crippen LogP contribution >= 0.6 is 11.6 Å². The van der Waals surface area contributed by atoms with Gasteiger partial charge in [-0.1, -0.05) is 18.0 Å². The number of hydrogen-bond acceptors (Lipinski definition) is 6. The molecule has 34 heavy (non-hydrogen) atoms. The molecule has 0 spiro atoms. The van der Waals surface area contributed by atoms with Gasteiger partial charge in [0.1, 0.15) is 17.3 Å². The number of ether oxygens (including phenoxy) is 2. The van der Waals surface area contributed by atoms with Crippen LogP contribution < -0.4 is 9.47 Å². The van der Waals surface area contributed by atoms with Crippen LogP contribution in [0.4, 0.5) is 0 Å². The van der Waals surface area contributed by atoms with Gasteiger partial charge in [0.25, 0.3) is 11.7 Å². The third kappa shape index (κ3) is 5.34. The minimum absolute atomic E-state index is 0.0329. The number of nitrogens with zero attached hydrogens (tertiary/aromatic N) is 1. The van der Waals surface area contributed by atoms with Crippen LogP contribution in [0.3, 0.4) is 0 Å². The Morgan fingerprint density at radius 1 is 1.00 bits per heavy atom. The summed E-state index contributed by atoms with van der Waals surface area (Å²) in [6, 6.07) is 10.4. The normalized spacial score (nSPS) is 17.1. The topological polar surface area (TPSA) is 113 Å². The summed E-state index contributed by atoms with van der Waals surface area (Å²) in [4.78, 5) is 38.3. The second-order valence-electron chi connectivity index (χ2n) is 7.81. The van der Waals surface area contributed by atoms with Crippen molar-refractivity contribution in [3.05, 3.63) is 64.2 Å². The number of amides is 1. The van der Waals surface area contributed by atoms with E-state index in [9.17, 15) is 19.5 Å². The number of carboxylic acids is 1. The Hall–Kier alpha value is -3.52. The summed E-state index contributed by atoms with van der Waals surface area (Å²) in [6.07, 6.45) is 1.56. The van der Waals surface area contributed by atoms with Crippen LogP contribution in [0.25, 0.3) is 5.76 Å². The van der Waals surface area contributed by atoms with Crippen LogP contribution in [-0.4, -0.2) is 53.5 Å². The van der Waals surface area contributed by atoms with E-state index in [0.29, 0.717) is 46.9 Å². The van der Waals surface area contributed by atoms with Crippen LogP contribution in [0.2, 0.25) is 5.02 Å². The molecule has 1 fully saturated rings. The standard InChI is InChI=1S/C25H26ClNO7/c1-33-17-11-12-18(19(14-17)34-2)22-21(23(30)15-7-9-16(26)10-8-15)24(31)25(32)27(22)13-5-3-4-6-20(28)29/h7-12,14,22,30H,3-6,13H2,1-2H3,(H,28,29)/b23-21+/t22-/m1/s1. The van der Waals surface area contributed by atoms with E-state index in [4.69, 9.17) is 26.2 Å². The summed E-state index contributed by atoms with van der Waals surface area (Å²) in [6.45, 7) is 0.210. The van der Waals surface area contributed by atoms with E-state index in [1.807, 2.05) is 0 Å². The highest BCUT2D eigenvalue weighted by Gasteiger charge is 2.46. The number of aliphatic carboxylic acids is 1. The minimum atomic E-state index is -0.893. The molecule has 0 aromatic heterocycles. The van der Waals surface area contributed by atoms with Gasteiger partial charge in [0.05, 0.1) is 25.8 Å².